The molecule has 34 heavy (non-hydrogen) atoms. The number of aliphatic hydroxyl groups is 2. The molecule has 0 heterocycles. The van der Waals surface area contributed by atoms with Crippen LogP contribution in [0.4, 0.5) is 5.69 Å². The highest BCUT2D eigenvalue weighted by Crippen LogP contribution is 2.62. The zero-order valence-electron chi connectivity index (χ0n) is 19.9. The van der Waals surface area contributed by atoms with Crippen LogP contribution < -0.4 is 10.5 Å². The molecule has 8 atom stereocenters. The molecule has 3 fully saturated rings. The molecular weight excluding hydrogens is 430 g/mol. The number of Topliss-reactive ketones (excluding diaryl/α,β-unsaturated/α-hetero) is 1. The minimum atomic E-state index is -1.23. The van der Waals surface area contributed by atoms with Crippen molar-refractivity contribution in [3.8, 4) is 5.75 Å². The summed E-state index contributed by atoms with van der Waals surface area (Å²) in [5, 5.41) is 23.4. The number of rotatable bonds is 4. The van der Waals surface area contributed by atoms with Gasteiger partial charge in [0.05, 0.1) is 17.6 Å². The fourth-order valence-corrected chi connectivity index (χ4v) is 7.75. The lowest BCUT2D eigenvalue weighted by atomic mass is 9.53. The van der Waals surface area contributed by atoms with Crippen LogP contribution in [0.3, 0.4) is 0 Å². The van der Waals surface area contributed by atoms with Gasteiger partial charge in [0.15, 0.2) is 11.6 Å². The quantitative estimate of drug-likeness (QED) is 0.588. The van der Waals surface area contributed by atoms with Crippen molar-refractivity contribution in [2.75, 3.05) is 12.3 Å². The van der Waals surface area contributed by atoms with Crippen molar-refractivity contribution in [2.45, 2.75) is 57.7 Å². The Morgan fingerprint density at radius 3 is 2.65 bits per heavy atom. The van der Waals surface area contributed by atoms with E-state index in [0.29, 0.717) is 17.9 Å². The third-order valence-corrected chi connectivity index (χ3v) is 9.26. The van der Waals surface area contributed by atoms with Crippen molar-refractivity contribution in [3.63, 3.8) is 0 Å². The van der Waals surface area contributed by atoms with Crippen LogP contribution in [0, 0.1) is 35.0 Å². The van der Waals surface area contributed by atoms with Gasteiger partial charge in [0.1, 0.15) is 12.4 Å². The molecule has 5 rings (SSSR count). The molecule has 0 saturated heterocycles. The summed E-state index contributed by atoms with van der Waals surface area (Å²) in [6, 6.07) is 6.90. The molecule has 0 bridgehead atoms. The van der Waals surface area contributed by atoms with E-state index in [0.717, 1.165) is 24.8 Å². The predicted octanol–water partition coefficient (Wildman–Crippen LogP) is 3.47. The highest BCUT2D eigenvalue weighted by atomic mass is 16.5. The van der Waals surface area contributed by atoms with Gasteiger partial charge in [-0.3, -0.25) is 9.59 Å². The molecule has 4 aliphatic rings. The van der Waals surface area contributed by atoms with Crippen LogP contribution in [-0.4, -0.2) is 40.1 Å². The lowest BCUT2D eigenvalue weighted by Crippen LogP contribution is -2.58. The number of nitrogens with two attached hydrogens (primary N) is 1. The number of aliphatic hydroxyl groups excluding tert-OH is 1. The third-order valence-electron chi connectivity index (χ3n) is 9.26. The first-order chi connectivity index (χ1) is 16.1. The van der Waals surface area contributed by atoms with Crippen LogP contribution in [0.5, 0.6) is 5.75 Å². The van der Waals surface area contributed by atoms with Crippen LogP contribution in [0.25, 0.3) is 0 Å². The van der Waals surface area contributed by atoms with E-state index in [1.807, 2.05) is 6.08 Å². The second-order valence-corrected chi connectivity index (χ2v) is 11.1. The monoisotopic (exact) mass is 465 g/mol. The zero-order valence-corrected chi connectivity index (χ0v) is 19.9. The third kappa shape index (κ3) is 3.62. The van der Waals surface area contributed by atoms with Gasteiger partial charge >= 0.3 is 0 Å². The number of hydrogen-bond donors (Lipinski definition) is 3. The molecule has 0 aromatic heterocycles. The molecule has 1 aromatic rings. The Morgan fingerprint density at radius 2 is 1.91 bits per heavy atom. The van der Waals surface area contributed by atoms with Crippen LogP contribution in [0.15, 0.2) is 48.1 Å². The first-order valence-electron chi connectivity index (χ1n) is 12.5. The van der Waals surface area contributed by atoms with Crippen LogP contribution in [-0.2, 0) is 9.59 Å². The van der Waals surface area contributed by atoms with E-state index < -0.39 is 23.0 Å². The smallest absolute Gasteiger partial charge is 0.178 e. The molecule has 1 aromatic carbocycles. The van der Waals surface area contributed by atoms with Gasteiger partial charge in [0, 0.05) is 23.4 Å². The van der Waals surface area contributed by atoms with E-state index in [1.54, 1.807) is 36.4 Å². The maximum atomic E-state index is 13.2. The highest BCUT2D eigenvalue weighted by molar-refractivity contribution is 6.01. The largest absolute Gasteiger partial charge is 0.486 e. The molecule has 6 nitrogen and oxygen atoms in total. The number of fused-ring (bicyclic) bond motifs is 5. The fourth-order valence-electron chi connectivity index (χ4n) is 7.75. The predicted molar refractivity (Wildman–Crippen MR) is 129 cm³/mol. The zero-order chi connectivity index (χ0) is 24.3. The van der Waals surface area contributed by atoms with Gasteiger partial charge in [0.2, 0.25) is 0 Å². The highest BCUT2D eigenvalue weighted by Gasteiger charge is 2.63. The van der Waals surface area contributed by atoms with E-state index in [2.05, 4.69) is 13.8 Å². The molecule has 2 unspecified atom stereocenters. The van der Waals surface area contributed by atoms with E-state index in [1.165, 1.54) is 0 Å². The normalized spacial score (nSPS) is 41.1. The molecule has 4 aliphatic carbocycles. The summed E-state index contributed by atoms with van der Waals surface area (Å²) in [6.45, 7) is 4.18. The van der Waals surface area contributed by atoms with Crippen molar-refractivity contribution >= 4 is 17.3 Å². The SMILES string of the molecule is C[C@H]1CC[C@H]2C([C@@H](O)C[C@@]3(O)C2CC[C@@H]3C(=O)COc2ccc(N)cc2)[C@@]2(C)C=CC(=O)C=C12. The minimum Gasteiger partial charge on any atom is -0.486 e. The van der Waals surface area contributed by atoms with Crippen LogP contribution in [0.2, 0.25) is 0 Å². The average Bonchev–Trinajstić information content (AvgIpc) is 3.09. The van der Waals surface area contributed by atoms with Gasteiger partial charge in [-0.15, -0.1) is 0 Å². The fraction of sp³-hybridized carbons (Fsp3) is 0.571. The van der Waals surface area contributed by atoms with Gasteiger partial charge in [-0.05, 0) is 79.9 Å². The number of benzene rings is 1. The summed E-state index contributed by atoms with van der Waals surface area (Å²) in [6.07, 6.45) is 7.92. The van der Waals surface area contributed by atoms with Gasteiger partial charge in [0.25, 0.3) is 0 Å². The summed E-state index contributed by atoms with van der Waals surface area (Å²) in [5.74, 6) is 0.0821. The summed E-state index contributed by atoms with van der Waals surface area (Å²) >= 11 is 0. The maximum absolute atomic E-state index is 13.2. The van der Waals surface area contributed by atoms with Crippen LogP contribution >= 0.6 is 0 Å². The van der Waals surface area contributed by atoms with Crippen LogP contribution in [0.1, 0.15) is 46.0 Å². The number of nitrogen functional groups attached to an aromatic ring is 1. The summed E-state index contributed by atoms with van der Waals surface area (Å²) in [4.78, 5) is 25.4. The lowest BCUT2D eigenvalue weighted by Gasteiger charge is -2.54. The van der Waals surface area contributed by atoms with E-state index in [4.69, 9.17) is 10.5 Å². The molecule has 0 aliphatic heterocycles. The summed E-state index contributed by atoms with van der Waals surface area (Å²) in [5.41, 5.74) is 5.78. The Morgan fingerprint density at radius 1 is 1.18 bits per heavy atom. The number of anilines is 1. The minimum absolute atomic E-state index is 0.00667. The molecule has 3 saturated carbocycles. The van der Waals surface area contributed by atoms with Gasteiger partial charge in [-0.1, -0.05) is 25.5 Å². The van der Waals surface area contributed by atoms with E-state index >= 15 is 0 Å². The van der Waals surface area contributed by atoms with Gasteiger partial charge < -0.3 is 20.7 Å². The number of carbonyl (C=O) groups excluding carboxylic acids is 2. The molecule has 182 valence electrons. The topological polar surface area (TPSA) is 110 Å². The second kappa shape index (κ2) is 8.35. The first-order valence-corrected chi connectivity index (χ1v) is 12.5. The Balaban J connectivity index is 1.39. The number of ketones is 2. The maximum Gasteiger partial charge on any atom is 0.178 e. The molecule has 6 heteroatoms. The van der Waals surface area contributed by atoms with Crippen molar-refractivity contribution in [1.82, 2.24) is 0 Å². The number of hydrogen-bond acceptors (Lipinski definition) is 6. The summed E-state index contributed by atoms with van der Waals surface area (Å²) in [7, 11) is 0. The molecule has 0 amide bonds. The average molecular weight is 466 g/mol. The molecule has 0 spiro atoms. The molecular formula is C28H35NO5. The molecule has 4 N–H and O–H groups in total. The standard InChI is InChI=1S/C28H35NO5/c1-16-3-8-20-21-9-10-22(25(32)15-34-19-6-4-17(29)5-7-19)28(21,33)14-24(31)26(20)27(2)12-11-18(30)13-23(16)27/h4-7,11-13,16,20-22,24,26,31,33H,3,8-10,14-15,29H2,1-2H3/t16-,20+,21?,22+,24-,26?,27-,28+/m0/s1. The number of ether oxygens (including phenoxy) is 1. The Hall–Kier alpha value is -2.44. The van der Waals surface area contributed by atoms with Crippen molar-refractivity contribution in [2.24, 2.45) is 35.0 Å². The number of carbonyl (C=O) groups is 2. The molecule has 0 radical (unpaired) electrons. The van der Waals surface area contributed by atoms with Crippen molar-refractivity contribution in [1.29, 1.82) is 0 Å². The number of allylic oxidation sites excluding steroid dienone is 4. The Labute approximate surface area is 200 Å². The van der Waals surface area contributed by atoms with Crippen molar-refractivity contribution in [3.05, 3.63) is 48.1 Å². The van der Waals surface area contributed by atoms with E-state index in [-0.39, 0.29) is 48.3 Å². The van der Waals surface area contributed by atoms with Gasteiger partial charge in [-0.2, -0.15) is 0 Å². The van der Waals surface area contributed by atoms with E-state index in [9.17, 15) is 19.8 Å². The summed E-state index contributed by atoms with van der Waals surface area (Å²) < 4.78 is 5.70. The van der Waals surface area contributed by atoms with Crippen molar-refractivity contribution < 1.29 is 24.5 Å². The second-order valence-electron chi connectivity index (χ2n) is 11.1. The Bertz CT molecular complexity index is 1050. The van der Waals surface area contributed by atoms with Gasteiger partial charge in [-0.25, -0.2) is 0 Å². The lowest BCUT2D eigenvalue weighted by molar-refractivity contribution is -0.168. The first kappa shape index (κ1) is 23.3. The Kier molecular flexibility index (Phi) is 5.72.